The molecule has 2 aliphatic heterocycles. The van der Waals surface area contributed by atoms with Crippen molar-refractivity contribution in [3.63, 3.8) is 0 Å². The first-order valence-electron chi connectivity index (χ1n) is 8.67. The van der Waals surface area contributed by atoms with Crippen LogP contribution in [0.25, 0.3) is 0 Å². The molecule has 0 unspecified atom stereocenters. The highest BCUT2D eigenvalue weighted by atomic mass is 32.2. The molecule has 136 valence electrons. The second kappa shape index (κ2) is 6.17. The maximum absolute atomic E-state index is 13.1. The van der Waals surface area contributed by atoms with Gasteiger partial charge in [0.25, 0.3) is 5.56 Å². The molecular weight excluding hydrogens is 352 g/mol. The monoisotopic (exact) mass is 372 g/mol. The number of sulfonamides is 1. The molecule has 0 N–H and O–H groups in total. The van der Waals surface area contributed by atoms with E-state index in [1.54, 1.807) is 28.8 Å². The van der Waals surface area contributed by atoms with Crippen LogP contribution in [-0.4, -0.2) is 36.2 Å². The Morgan fingerprint density at radius 2 is 1.77 bits per heavy atom. The average molecular weight is 372 g/mol. The van der Waals surface area contributed by atoms with Gasteiger partial charge in [0.15, 0.2) is 5.78 Å². The van der Waals surface area contributed by atoms with Crippen molar-refractivity contribution < 1.29 is 13.2 Å². The lowest BCUT2D eigenvalue weighted by Crippen LogP contribution is -2.48. The maximum atomic E-state index is 13.1. The minimum atomic E-state index is -3.62. The number of pyridine rings is 1. The fraction of sp³-hybridized carbons (Fsp3) is 0.368. The number of aromatic nitrogens is 1. The van der Waals surface area contributed by atoms with E-state index in [0.717, 1.165) is 12.1 Å². The third-order valence-electron chi connectivity index (χ3n) is 5.34. The van der Waals surface area contributed by atoms with Crippen LogP contribution in [0.15, 0.2) is 52.2 Å². The Morgan fingerprint density at radius 1 is 1.04 bits per heavy atom. The van der Waals surface area contributed by atoms with Gasteiger partial charge in [-0.1, -0.05) is 18.2 Å². The molecule has 0 radical (unpaired) electrons. The summed E-state index contributed by atoms with van der Waals surface area (Å²) in [6.07, 6.45) is 0.902. The van der Waals surface area contributed by atoms with E-state index in [1.807, 2.05) is 6.07 Å². The molecule has 6 nitrogen and oxygen atoms in total. The number of hydrogen-bond donors (Lipinski definition) is 0. The Morgan fingerprint density at radius 3 is 2.46 bits per heavy atom. The summed E-state index contributed by atoms with van der Waals surface area (Å²) in [5.74, 6) is 0.0683. The van der Waals surface area contributed by atoms with E-state index in [2.05, 4.69) is 0 Å². The molecule has 0 amide bonds. The van der Waals surface area contributed by atoms with Gasteiger partial charge in [-0.05, 0) is 37.5 Å². The Bertz CT molecular complexity index is 1020. The predicted octanol–water partition coefficient (Wildman–Crippen LogP) is 1.86. The van der Waals surface area contributed by atoms with E-state index >= 15 is 0 Å². The number of piperidine rings is 1. The summed E-state index contributed by atoms with van der Waals surface area (Å²) in [7, 11) is -3.62. The minimum absolute atomic E-state index is 0.0201. The lowest BCUT2D eigenvalue weighted by molar-refractivity contribution is 0.101. The Labute approximate surface area is 152 Å². The Balaban J connectivity index is 1.65. The van der Waals surface area contributed by atoms with Crippen molar-refractivity contribution in [2.24, 2.45) is 5.92 Å². The lowest BCUT2D eigenvalue weighted by atomic mass is 9.84. The third-order valence-corrected chi connectivity index (χ3v) is 7.19. The van der Waals surface area contributed by atoms with Gasteiger partial charge >= 0.3 is 0 Å². The first-order chi connectivity index (χ1) is 12.4. The topological polar surface area (TPSA) is 76.5 Å². The SMILES string of the molecule is CC(=O)c1ccc(S(=O)(=O)N2C[C@H]3C[C@@H](C2)c2cccc(=O)n2C3)cc1. The molecule has 0 saturated carbocycles. The highest BCUT2D eigenvalue weighted by Crippen LogP contribution is 2.37. The molecule has 26 heavy (non-hydrogen) atoms. The van der Waals surface area contributed by atoms with Crippen molar-refractivity contribution in [1.82, 2.24) is 8.87 Å². The van der Waals surface area contributed by atoms with Crippen molar-refractivity contribution in [3.8, 4) is 0 Å². The van der Waals surface area contributed by atoms with Crippen molar-refractivity contribution in [2.75, 3.05) is 13.1 Å². The quantitative estimate of drug-likeness (QED) is 0.771. The third kappa shape index (κ3) is 2.81. The molecule has 2 aromatic rings. The molecule has 4 rings (SSSR count). The highest BCUT2D eigenvalue weighted by molar-refractivity contribution is 7.89. The van der Waals surface area contributed by atoms with E-state index in [1.165, 1.54) is 23.4 Å². The first-order valence-corrected chi connectivity index (χ1v) is 10.1. The smallest absolute Gasteiger partial charge is 0.250 e. The van der Waals surface area contributed by atoms with Crippen LogP contribution in [0.1, 0.15) is 35.3 Å². The van der Waals surface area contributed by atoms with Crippen LogP contribution in [0.4, 0.5) is 0 Å². The normalized spacial score (nSPS) is 22.7. The molecule has 0 aliphatic carbocycles. The van der Waals surface area contributed by atoms with Crippen LogP contribution in [0.3, 0.4) is 0 Å². The van der Waals surface area contributed by atoms with Gasteiger partial charge in [-0.25, -0.2) is 8.42 Å². The number of rotatable bonds is 3. The zero-order chi connectivity index (χ0) is 18.5. The van der Waals surface area contributed by atoms with Gasteiger partial charge in [0, 0.05) is 42.9 Å². The number of ketones is 1. The maximum Gasteiger partial charge on any atom is 0.250 e. The zero-order valence-corrected chi connectivity index (χ0v) is 15.3. The standard InChI is InChI=1S/C19H20N2O4S/c1-13(22)15-5-7-17(8-6-15)26(24,25)20-10-14-9-16(12-20)18-3-2-4-19(23)21(18)11-14/h2-8,14,16H,9-12H2,1H3/t14-,16+/m1/s1. The van der Waals surface area contributed by atoms with Gasteiger partial charge in [0.1, 0.15) is 0 Å². The zero-order valence-electron chi connectivity index (χ0n) is 14.5. The number of nitrogens with zero attached hydrogens (tertiary/aromatic N) is 2. The fourth-order valence-electron chi connectivity index (χ4n) is 4.06. The summed E-state index contributed by atoms with van der Waals surface area (Å²) in [5.41, 5.74) is 1.39. The molecule has 3 heterocycles. The number of benzene rings is 1. The average Bonchev–Trinajstić information content (AvgIpc) is 2.62. The number of Topliss-reactive ketones (excluding diaryl/α,β-unsaturated/α-hetero) is 1. The Hall–Kier alpha value is -2.25. The van der Waals surface area contributed by atoms with E-state index in [9.17, 15) is 18.0 Å². The van der Waals surface area contributed by atoms with Crippen LogP contribution in [0, 0.1) is 5.92 Å². The highest BCUT2D eigenvalue weighted by Gasteiger charge is 2.39. The summed E-state index contributed by atoms with van der Waals surface area (Å²) in [6.45, 7) is 2.79. The molecule has 2 bridgehead atoms. The van der Waals surface area contributed by atoms with Crippen LogP contribution < -0.4 is 5.56 Å². The van der Waals surface area contributed by atoms with Crippen LogP contribution in [0.2, 0.25) is 0 Å². The second-order valence-electron chi connectivity index (χ2n) is 7.10. The molecule has 2 atom stereocenters. The number of hydrogen-bond acceptors (Lipinski definition) is 4. The second-order valence-corrected chi connectivity index (χ2v) is 9.04. The van der Waals surface area contributed by atoms with Crippen molar-refractivity contribution >= 4 is 15.8 Å². The van der Waals surface area contributed by atoms with Crippen molar-refractivity contribution in [2.45, 2.75) is 30.7 Å². The molecule has 2 aliphatic rings. The molecule has 1 saturated heterocycles. The van der Waals surface area contributed by atoms with Crippen molar-refractivity contribution in [1.29, 1.82) is 0 Å². The largest absolute Gasteiger partial charge is 0.312 e. The molecule has 1 aromatic carbocycles. The molecule has 0 spiro atoms. The van der Waals surface area contributed by atoms with Gasteiger partial charge in [-0.15, -0.1) is 0 Å². The van der Waals surface area contributed by atoms with Gasteiger partial charge in [-0.3, -0.25) is 9.59 Å². The lowest BCUT2D eigenvalue weighted by Gasteiger charge is -2.42. The van der Waals surface area contributed by atoms with E-state index in [-0.39, 0.29) is 28.1 Å². The van der Waals surface area contributed by atoms with E-state index < -0.39 is 10.0 Å². The summed E-state index contributed by atoms with van der Waals surface area (Å²) in [4.78, 5) is 23.7. The van der Waals surface area contributed by atoms with Crippen LogP contribution in [-0.2, 0) is 16.6 Å². The molecule has 1 fully saturated rings. The molecular formula is C19H20N2O4S. The molecule has 7 heteroatoms. The van der Waals surface area contributed by atoms with Gasteiger partial charge < -0.3 is 4.57 Å². The summed E-state index contributed by atoms with van der Waals surface area (Å²) in [5, 5.41) is 0. The van der Waals surface area contributed by atoms with Crippen molar-refractivity contribution in [3.05, 3.63) is 64.1 Å². The van der Waals surface area contributed by atoms with Crippen LogP contribution >= 0.6 is 0 Å². The van der Waals surface area contributed by atoms with Gasteiger partial charge in [0.05, 0.1) is 4.90 Å². The fourth-order valence-corrected chi connectivity index (χ4v) is 5.62. The number of carbonyl (C=O) groups excluding carboxylic acids is 1. The predicted molar refractivity (Wildman–Crippen MR) is 96.8 cm³/mol. The summed E-state index contributed by atoms with van der Waals surface area (Å²) < 4.78 is 29.4. The summed E-state index contributed by atoms with van der Waals surface area (Å²) >= 11 is 0. The Kier molecular flexibility index (Phi) is 4.08. The van der Waals surface area contributed by atoms with E-state index in [0.29, 0.717) is 25.2 Å². The number of fused-ring (bicyclic) bond motifs is 4. The first kappa shape index (κ1) is 17.2. The summed E-state index contributed by atoms with van der Waals surface area (Å²) in [6, 6.07) is 11.3. The van der Waals surface area contributed by atoms with Crippen LogP contribution in [0.5, 0.6) is 0 Å². The van der Waals surface area contributed by atoms with Gasteiger partial charge in [-0.2, -0.15) is 4.31 Å². The van der Waals surface area contributed by atoms with Gasteiger partial charge in [0.2, 0.25) is 10.0 Å². The van der Waals surface area contributed by atoms with E-state index in [4.69, 9.17) is 0 Å². The number of carbonyl (C=O) groups is 1. The minimum Gasteiger partial charge on any atom is -0.312 e. The molecule has 1 aromatic heterocycles.